The van der Waals surface area contributed by atoms with Gasteiger partial charge in [-0.1, -0.05) is 13.0 Å². The van der Waals surface area contributed by atoms with Crippen LogP contribution in [0.3, 0.4) is 0 Å². The number of nitro groups is 1. The fourth-order valence-electron chi connectivity index (χ4n) is 1.81. The summed E-state index contributed by atoms with van der Waals surface area (Å²) in [6, 6.07) is 4.31. The lowest BCUT2D eigenvalue weighted by atomic mass is 10.2. The molecule has 0 aliphatic carbocycles. The lowest BCUT2D eigenvalue weighted by Gasteiger charge is -2.28. The normalized spacial score (nSPS) is 10.6. The Bertz CT molecular complexity index is 407. The predicted octanol–water partition coefficient (Wildman–Crippen LogP) is 3.36. The van der Waals surface area contributed by atoms with Crippen LogP contribution in [0.2, 0.25) is 0 Å². The molecule has 1 aromatic carbocycles. The molecule has 17 heavy (non-hydrogen) atoms. The third-order valence-electron chi connectivity index (χ3n) is 2.55. The lowest BCUT2D eigenvalue weighted by molar-refractivity contribution is -0.386. The van der Waals surface area contributed by atoms with Gasteiger partial charge in [0.05, 0.1) is 4.92 Å². The van der Waals surface area contributed by atoms with E-state index in [0.29, 0.717) is 12.2 Å². The van der Waals surface area contributed by atoms with Gasteiger partial charge in [0.1, 0.15) is 5.69 Å². The summed E-state index contributed by atoms with van der Waals surface area (Å²) in [5.74, 6) is -0.783. The Hall–Kier alpha value is -1.65. The van der Waals surface area contributed by atoms with Crippen molar-refractivity contribution in [2.24, 2.45) is 0 Å². The summed E-state index contributed by atoms with van der Waals surface area (Å²) in [4.78, 5) is 12.1. The second-order valence-corrected chi connectivity index (χ2v) is 4.15. The molecule has 1 rings (SSSR count). The third kappa shape index (κ3) is 2.93. The fourth-order valence-corrected chi connectivity index (χ4v) is 1.81. The van der Waals surface area contributed by atoms with Crippen LogP contribution in [-0.2, 0) is 0 Å². The monoisotopic (exact) mass is 240 g/mol. The third-order valence-corrected chi connectivity index (χ3v) is 2.55. The predicted molar refractivity (Wildman–Crippen MR) is 65.8 cm³/mol. The molecule has 0 saturated heterocycles. The molecule has 0 aliphatic rings. The first-order valence-electron chi connectivity index (χ1n) is 5.68. The van der Waals surface area contributed by atoms with E-state index in [-0.39, 0.29) is 6.04 Å². The molecule has 0 N–H and O–H groups in total. The molecule has 5 heteroatoms. The van der Waals surface area contributed by atoms with E-state index in [4.69, 9.17) is 0 Å². The zero-order valence-corrected chi connectivity index (χ0v) is 10.3. The highest BCUT2D eigenvalue weighted by atomic mass is 19.1. The van der Waals surface area contributed by atoms with Gasteiger partial charge in [-0.3, -0.25) is 10.1 Å². The Morgan fingerprint density at radius 1 is 1.47 bits per heavy atom. The summed E-state index contributed by atoms with van der Waals surface area (Å²) in [5, 5.41) is 10.9. The van der Waals surface area contributed by atoms with Gasteiger partial charge < -0.3 is 4.90 Å². The lowest BCUT2D eigenvalue weighted by Crippen LogP contribution is -2.32. The van der Waals surface area contributed by atoms with E-state index in [1.807, 2.05) is 25.7 Å². The van der Waals surface area contributed by atoms with Gasteiger partial charge >= 0.3 is 5.69 Å². The number of hydrogen-bond acceptors (Lipinski definition) is 3. The van der Waals surface area contributed by atoms with Gasteiger partial charge in [-0.2, -0.15) is 4.39 Å². The minimum Gasteiger partial charge on any atom is -0.363 e. The molecule has 94 valence electrons. The van der Waals surface area contributed by atoms with E-state index < -0.39 is 16.4 Å². The zero-order valence-electron chi connectivity index (χ0n) is 10.3. The molecule has 0 aliphatic heterocycles. The zero-order chi connectivity index (χ0) is 13.0. The number of benzene rings is 1. The second-order valence-electron chi connectivity index (χ2n) is 4.15. The number of para-hydroxylation sites is 1. The largest absolute Gasteiger partial charge is 0.363 e. The van der Waals surface area contributed by atoms with Gasteiger partial charge in [0.25, 0.3) is 0 Å². The fraction of sp³-hybridized carbons (Fsp3) is 0.500. The minimum atomic E-state index is -0.783. The van der Waals surface area contributed by atoms with Crippen molar-refractivity contribution in [3.8, 4) is 0 Å². The summed E-state index contributed by atoms with van der Waals surface area (Å²) >= 11 is 0. The van der Waals surface area contributed by atoms with Gasteiger partial charge in [-0.25, -0.2) is 0 Å². The van der Waals surface area contributed by atoms with E-state index in [9.17, 15) is 14.5 Å². The Labute approximate surface area is 100 Å². The SMILES string of the molecule is CCCN(c1cccc(F)c1[N+](=O)[O-])C(C)C. The Morgan fingerprint density at radius 3 is 2.59 bits per heavy atom. The minimum absolute atomic E-state index is 0.0930. The first-order chi connectivity index (χ1) is 7.99. The smallest absolute Gasteiger partial charge is 0.327 e. The number of halogens is 1. The van der Waals surface area contributed by atoms with Crippen LogP contribution in [0, 0.1) is 15.9 Å². The first kappa shape index (κ1) is 13.4. The maximum absolute atomic E-state index is 13.5. The van der Waals surface area contributed by atoms with Crippen molar-refractivity contribution >= 4 is 11.4 Å². The van der Waals surface area contributed by atoms with Gasteiger partial charge in [-0.15, -0.1) is 0 Å². The van der Waals surface area contributed by atoms with Crippen LogP contribution >= 0.6 is 0 Å². The van der Waals surface area contributed by atoms with Crippen LogP contribution in [0.15, 0.2) is 18.2 Å². The average Bonchev–Trinajstić information content (AvgIpc) is 2.24. The molecule has 0 radical (unpaired) electrons. The molecule has 0 bridgehead atoms. The quantitative estimate of drug-likeness (QED) is 0.585. The van der Waals surface area contributed by atoms with Crippen LogP contribution in [-0.4, -0.2) is 17.5 Å². The molecule has 0 aromatic heterocycles. The van der Waals surface area contributed by atoms with E-state index in [1.165, 1.54) is 6.07 Å². The van der Waals surface area contributed by atoms with Crippen molar-refractivity contribution in [3.05, 3.63) is 34.1 Å². The molecule has 0 heterocycles. The molecule has 4 nitrogen and oxygen atoms in total. The number of hydrogen-bond donors (Lipinski definition) is 0. The van der Waals surface area contributed by atoms with Gasteiger partial charge in [0, 0.05) is 12.6 Å². The molecule has 1 aromatic rings. The van der Waals surface area contributed by atoms with Gasteiger partial charge in [0.2, 0.25) is 5.82 Å². The van der Waals surface area contributed by atoms with Crippen molar-refractivity contribution in [1.82, 2.24) is 0 Å². The van der Waals surface area contributed by atoms with Gasteiger partial charge in [-0.05, 0) is 32.4 Å². The summed E-state index contributed by atoms with van der Waals surface area (Å²) in [5.41, 5.74) is -0.0819. The molecular formula is C12H17FN2O2. The van der Waals surface area contributed by atoms with Crippen LogP contribution in [0.25, 0.3) is 0 Å². The highest BCUT2D eigenvalue weighted by molar-refractivity contribution is 5.64. The van der Waals surface area contributed by atoms with Crippen molar-refractivity contribution in [3.63, 3.8) is 0 Å². The molecule has 0 unspecified atom stereocenters. The molecule has 0 amide bonds. The van der Waals surface area contributed by atoms with E-state index >= 15 is 0 Å². The van der Waals surface area contributed by atoms with Crippen LogP contribution in [0.4, 0.5) is 15.8 Å². The Kier molecular flexibility index (Phi) is 4.43. The van der Waals surface area contributed by atoms with Gasteiger partial charge in [0.15, 0.2) is 0 Å². The summed E-state index contributed by atoms with van der Waals surface area (Å²) in [6.45, 7) is 6.52. The Morgan fingerprint density at radius 2 is 2.12 bits per heavy atom. The maximum Gasteiger partial charge on any atom is 0.327 e. The summed E-state index contributed by atoms with van der Waals surface area (Å²) in [7, 11) is 0. The van der Waals surface area contributed by atoms with E-state index in [1.54, 1.807) is 6.07 Å². The highest BCUT2D eigenvalue weighted by Crippen LogP contribution is 2.31. The number of nitrogens with zero attached hydrogens (tertiary/aromatic N) is 2. The molecule has 0 fully saturated rings. The standard InChI is InChI=1S/C12H17FN2O2/c1-4-8-14(9(2)3)11-7-5-6-10(13)12(11)15(16)17/h5-7,9H,4,8H2,1-3H3. The molecule has 0 spiro atoms. The van der Waals surface area contributed by atoms with Crippen molar-refractivity contribution in [2.45, 2.75) is 33.2 Å². The first-order valence-corrected chi connectivity index (χ1v) is 5.68. The van der Waals surface area contributed by atoms with Crippen LogP contribution < -0.4 is 4.90 Å². The number of nitro benzene ring substituents is 1. The molecule has 0 atom stereocenters. The average molecular weight is 240 g/mol. The van der Waals surface area contributed by atoms with Crippen LogP contribution in [0.5, 0.6) is 0 Å². The van der Waals surface area contributed by atoms with E-state index in [2.05, 4.69) is 0 Å². The van der Waals surface area contributed by atoms with Crippen molar-refractivity contribution < 1.29 is 9.31 Å². The number of anilines is 1. The molecule has 0 saturated carbocycles. The van der Waals surface area contributed by atoms with E-state index in [0.717, 1.165) is 12.5 Å². The highest BCUT2D eigenvalue weighted by Gasteiger charge is 2.24. The maximum atomic E-state index is 13.5. The topological polar surface area (TPSA) is 46.4 Å². The summed E-state index contributed by atoms with van der Waals surface area (Å²) < 4.78 is 13.5. The Balaban J connectivity index is 3.27. The van der Waals surface area contributed by atoms with Crippen LogP contribution in [0.1, 0.15) is 27.2 Å². The number of rotatable bonds is 5. The summed E-state index contributed by atoms with van der Waals surface area (Å²) in [6.07, 6.45) is 0.853. The van der Waals surface area contributed by atoms with Crippen molar-refractivity contribution in [2.75, 3.05) is 11.4 Å². The molecular weight excluding hydrogens is 223 g/mol. The van der Waals surface area contributed by atoms with Crippen molar-refractivity contribution in [1.29, 1.82) is 0 Å². The second kappa shape index (κ2) is 5.61.